The quantitative estimate of drug-likeness (QED) is 0.366. The van der Waals surface area contributed by atoms with Gasteiger partial charge in [-0.2, -0.15) is 0 Å². The van der Waals surface area contributed by atoms with E-state index >= 15 is 0 Å². The molecular formula is C17H27BrN2O3. The fourth-order valence-electron chi connectivity index (χ4n) is 2.25. The van der Waals surface area contributed by atoms with Crippen molar-refractivity contribution in [3.8, 4) is 0 Å². The van der Waals surface area contributed by atoms with Crippen LogP contribution in [0.15, 0.2) is 16.6 Å². The van der Waals surface area contributed by atoms with Crippen LogP contribution in [0.25, 0.3) is 0 Å². The van der Waals surface area contributed by atoms with Crippen LogP contribution in [0.3, 0.4) is 0 Å². The number of halogens is 1. The zero-order chi connectivity index (χ0) is 17.2. The Bertz CT molecular complexity index is 505. The highest BCUT2D eigenvalue weighted by Crippen LogP contribution is 2.27. The molecule has 0 radical (unpaired) electrons. The minimum absolute atomic E-state index is 0.174. The molecule has 23 heavy (non-hydrogen) atoms. The van der Waals surface area contributed by atoms with E-state index in [2.05, 4.69) is 34.7 Å². The molecule has 0 aliphatic heterocycles. The molecule has 6 heteroatoms. The van der Waals surface area contributed by atoms with Crippen LogP contribution in [0.1, 0.15) is 49.0 Å². The third kappa shape index (κ3) is 6.49. The molecule has 0 heterocycles. The Kier molecular flexibility index (Phi) is 9.21. The zero-order valence-corrected chi connectivity index (χ0v) is 15.6. The van der Waals surface area contributed by atoms with Gasteiger partial charge in [0.15, 0.2) is 0 Å². The summed E-state index contributed by atoms with van der Waals surface area (Å²) in [5.41, 5.74) is 8.21. The maximum absolute atomic E-state index is 12.2. The first-order valence-corrected chi connectivity index (χ1v) is 8.90. The summed E-state index contributed by atoms with van der Waals surface area (Å²) in [5.74, 6) is -0.338. The van der Waals surface area contributed by atoms with E-state index in [4.69, 9.17) is 15.6 Å². The van der Waals surface area contributed by atoms with Gasteiger partial charge in [-0.05, 0) is 66.0 Å². The molecule has 0 saturated carbocycles. The number of carbonyl (C=O) groups is 1. The Morgan fingerprint density at radius 2 is 1.96 bits per heavy atom. The summed E-state index contributed by atoms with van der Waals surface area (Å²) in [6.45, 7) is 7.29. The van der Waals surface area contributed by atoms with Crippen molar-refractivity contribution in [3.05, 3.63) is 27.7 Å². The van der Waals surface area contributed by atoms with E-state index in [1.165, 1.54) is 0 Å². The van der Waals surface area contributed by atoms with Gasteiger partial charge in [0.1, 0.15) is 0 Å². The minimum Gasteiger partial charge on any atom is -0.462 e. The summed E-state index contributed by atoms with van der Waals surface area (Å²) >= 11 is 3.42. The Balaban J connectivity index is 2.75. The van der Waals surface area contributed by atoms with Crippen molar-refractivity contribution in [1.29, 1.82) is 0 Å². The minimum atomic E-state index is -0.338. The zero-order valence-electron chi connectivity index (χ0n) is 14.0. The lowest BCUT2D eigenvalue weighted by Gasteiger charge is -2.20. The van der Waals surface area contributed by atoms with Gasteiger partial charge in [0, 0.05) is 17.6 Å². The molecule has 0 aromatic heterocycles. The molecule has 0 aliphatic carbocycles. The number of benzene rings is 1. The van der Waals surface area contributed by atoms with Gasteiger partial charge < -0.3 is 15.6 Å². The average molecular weight is 387 g/mol. The van der Waals surface area contributed by atoms with Crippen molar-refractivity contribution < 1.29 is 14.6 Å². The smallest absolute Gasteiger partial charge is 0.338 e. The molecule has 1 rings (SSSR count). The standard InChI is InChI=1S/C17H27BrN2O3/c1-3-20(4-2)12-14-10-13(11-15(18)16(14)19)17(22)23-9-7-5-6-8-21/h10-11,21H,3-9,12,19H2,1-2H3. The lowest BCUT2D eigenvalue weighted by molar-refractivity contribution is 0.0496. The molecular weight excluding hydrogens is 360 g/mol. The number of unbranched alkanes of at least 4 members (excludes halogenated alkanes) is 2. The second-order valence-electron chi connectivity index (χ2n) is 5.41. The largest absolute Gasteiger partial charge is 0.462 e. The van der Waals surface area contributed by atoms with Gasteiger partial charge in [-0.15, -0.1) is 0 Å². The van der Waals surface area contributed by atoms with Crippen molar-refractivity contribution in [2.75, 3.05) is 32.0 Å². The summed E-state index contributed by atoms with van der Waals surface area (Å²) in [7, 11) is 0. The topological polar surface area (TPSA) is 75.8 Å². The number of nitrogens with zero attached hydrogens (tertiary/aromatic N) is 1. The predicted octanol–water partition coefficient (Wildman–Crippen LogP) is 3.19. The third-order valence-electron chi connectivity index (χ3n) is 3.77. The van der Waals surface area contributed by atoms with Crippen molar-refractivity contribution >= 4 is 27.6 Å². The first kappa shape index (κ1) is 19.9. The van der Waals surface area contributed by atoms with E-state index in [1.54, 1.807) is 6.07 Å². The highest BCUT2D eigenvalue weighted by molar-refractivity contribution is 9.10. The van der Waals surface area contributed by atoms with Crippen molar-refractivity contribution in [1.82, 2.24) is 4.90 Å². The lowest BCUT2D eigenvalue weighted by atomic mass is 10.1. The van der Waals surface area contributed by atoms with Crippen LogP contribution >= 0.6 is 15.9 Å². The number of anilines is 1. The van der Waals surface area contributed by atoms with Gasteiger partial charge in [0.05, 0.1) is 17.9 Å². The normalized spacial score (nSPS) is 11.0. The van der Waals surface area contributed by atoms with Gasteiger partial charge in [-0.25, -0.2) is 4.79 Å². The molecule has 0 bridgehead atoms. The fourth-order valence-corrected chi connectivity index (χ4v) is 2.75. The second-order valence-corrected chi connectivity index (χ2v) is 6.27. The summed E-state index contributed by atoms with van der Waals surface area (Å²) in [4.78, 5) is 14.4. The molecule has 0 amide bonds. The van der Waals surface area contributed by atoms with E-state index in [9.17, 15) is 4.79 Å². The molecule has 0 aliphatic rings. The molecule has 0 spiro atoms. The Morgan fingerprint density at radius 3 is 2.57 bits per heavy atom. The first-order valence-electron chi connectivity index (χ1n) is 8.11. The molecule has 1 aromatic carbocycles. The van der Waals surface area contributed by atoms with Crippen LogP contribution in [-0.2, 0) is 11.3 Å². The Labute approximate surface area is 146 Å². The lowest BCUT2D eigenvalue weighted by Crippen LogP contribution is -2.23. The van der Waals surface area contributed by atoms with E-state index < -0.39 is 0 Å². The number of ether oxygens (including phenoxy) is 1. The molecule has 0 fully saturated rings. The van der Waals surface area contributed by atoms with E-state index in [1.807, 2.05) is 6.07 Å². The SMILES string of the molecule is CCN(CC)Cc1cc(C(=O)OCCCCCO)cc(Br)c1N. The number of esters is 1. The highest BCUT2D eigenvalue weighted by Gasteiger charge is 2.14. The van der Waals surface area contributed by atoms with Gasteiger partial charge in [-0.3, -0.25) is 4.90 Å². The van der Waals surface area contributed by atoms with Crippen molar-refractivity contribution in [2.24, 2.45) is 0 Å². The summed E-state index contributed by atoms with van der Waals surface area (Å²) in [5, 5.41) is 8.72. The maximum Gasteiger partial charge on any atom is 0.338 e. The van der Waals surface area contributed by atoms with E-state index in [0.29, 0.717) is 24.4 Å². The molecule has 130 valence electrons. The molecule has 0 atom stereocenters. The number of rotatable bonds is 10. The van der Waals surface area contributed by atoms with Crippen LogP contribution in [0.2, 0.25) is 0 Å². The summed E-state index contributed by atoms with van der Waals surface area (Å²) in [6.07, 6.45) is 2.34. The van der Waals surface area contributed by atoms with Crippen molar-refractivity contribution in [3.63, 3.8) is 0 Å². The Hall–Kier alpha value is -1.11. The van der Waals surface area contributed by atoms with Gasteiger partial charge in [0.2, 0.25) is 0 Å². The fraction of sp³-hybridized carbons (Fsp3) is 0.588. The number of nitrogens with two attached hydrogens (primary N) is 1. The number of hydrogen-bond acceptors (Lipinski definition) is 5. The summed E-state index contributed by atoms with van der Waals surface area (Å²) < 4.78 is 6.00. The number of nitrogen functional groups attached to an aromatic ring is 1. The molecule has 0 saturated heterocycles. The molecule has 5 nitrogen and oxygen atoms in total. The van der Waals surface area contributed by atoms with Crippen LogP contribution in [0.5, 0.6) is 0 Å². The van der Waals surface area contributed by atoms with Crippen LogP contribution < -0.4 is 5.73 Å². The van der Waals surface area contributed by atoms with Gasteiger partial charge in [-0.1, -0.05) is 13.8 Å². The Morgan fingerprint density at radius 1 is 1.26 bits per heavy atom. The van der Waals surface area contributed by atoms with Crippen LogP contribution in [0.4, 0.5) is 5.69 Å². The number of hydrogen-bond donors (Lipinski definition) is 2. The number of carbonyl (C=O) groups excluding carboxylic acids is 1. The van der Waals surface area contributed by atoms with Crippen molar-refractivity contribution in [2.45, 2.75) is 39.7 Å². The molecule has 0 unspecified atom stereocenters. The molecule has 3 N–H and O–H groups in total. The monoisotopic (exact) mass is 386 g/mol. The molecule has 1 aromatic rings. The average Bonchev–Trinajstić information content (AvgIpc) is 2.55. The number of aliphatic hydroxyl groups excluding tert-OH is 1. The first-order chi connectivity index (χ1) is 11.0. The van der Waals surface area contributed by atoms with E-state index in [0.717, 1.165) is 42.4 Å². The maximum atomic E-state index is 12.2. The second kappa shape index (κ2) is 10.6. The summed E-state index contributed by atoms with van der Waals surface area (Å²) in [6, 6.07) is 3.52. The predicted molar refractivity (Wildman–Crippen MR) is 96.4 cm³/mol. The number of aliphatic hydroxyl groups is 1. The van der Waals surface area contributed by atoms with E-state index in [-0.39, 0.29) is 12.6 Å². The van der Waals surface area contributed by atoms with Gasteiger partial charge in [0.25, 0.3) is 0 Å². The van der Waals surface area contributed by atoms with Gasteiger partial charge >= 0.3 is 5.97 Å². The highest BCUT2D eigenvalue weighted by atomic mass is 79.9. The van der Waals surface area contributed by atoms with Crippen LogP contribution in [0, 0.1) is 0 Å². The third-order valence-corrected chi connectivity index (χ3v) is 4.43. The van der Waals surface area contributed by atoms with Crippen LogP contribution in [-0.4, -0.2) is 42.3 Å².